The Labute approximate surface area is 193 Å². The Kier molecular flexibility index (Phi) is 6.01. The van der Waals surface area contributed by atoms with Gasteiger partial charge in [0.05, 0.1) is 12.1 Å². The van der Waals surface area contributed by atoms with Crippen LogP contribution in [0.25, 0.3) is 0 Å². The Balaban J connectivity index is 1.34. The highest BCUT2D eigenvalue weighted by Crippen LogP contribution is 2.45. The van der Waals surface area contributed by atoms with Crippen molar-refractivity contribution >= 4 is 21.8 Å². The number of hydrogen-bond acceptors (Lipinski definition) is 5. The van der Waals surface area contributed by atoms with Crippen molar-refractivity contribution in [3.05, 3.63) is 59.4 Å². The molecule has 5 rings (SSSR count). The van der Waals surface area contributed by atoms with Gasteiger partial charge in [-0.25, -0.2) is 9.11 Å². The average Bonchev–Trinajstić information content (AvgIpc) is 3.58. The minimum atomic E-state index is -3.94. The molecule has 1 N–H and O–H groups in total. The van der Waals surface area contributed by atoms with Gasteiger partial charge in [0.25, 0.3) is 5.91 Å². The summed E-state index contributed by atoms with van der Waals surface area (Å²) in [4.78, 5) is 14.9. The molecule has 1 saturated carbocycles. The zero-order valence-corrected chi connectivity index (χ0v) is 19.2. The van der Waals surface area contributed by atoms with Gasteiger partial charge < -0.3 is 9.64 Å². The highest BCUT2D eigenvalue weighted by molar-refractivity contribution is 7.87. The van der Waals surface area contributed by atoms with Crippen molar-refractivity contribution in [1.82, 2.24) is 9.03 Å². The molecular weight excluding hydrogens is 445 g/mol. The second-order valence-corrected chi connectivity index (χ2v) is 10.7. The van der Waals surface area contributed by atoms with Crippen LogP contribution in [0.1, 0.15) is 53.9 Å². The summed E-state index contributed by atoms with van der Waals surface area (Å²) in [5.74, 6) is -1.06. The Morgan fingerprint density at radius 2 is 1.79 bits per heavy atom. The number of nitrogens with zero attached hydrogens (tertiary/aromatic N) is 2. The minimum Gasteiger partial charge on any atom is -0.488 e. The van der Waals surface area contributed by atoms with E-state index in [-0.39, 0.29) is 17.6 Å². The number of ether oxygens (including phenoxy) is 1. The Morgan fingerprint density at radius 1 is 1.03 bits per heavy atom. The summed E-state index contributed by atoms with van der Waals surface area (Å²) in [7, 11) is -3.94. The minimum absolute atomic E-state index is 0.0951. The molecule has 2 saturated heterocycles. The number of anilines is 1. The first-order valence-corrected chi connectivity index (χ1v) is 13.0. The van der Waals surface area contributed by atoms with Gasteiger partial charge in [-0.1, -0.05) is 18.2 Å². The molecule has 2 heterocycles. The lowest BCUT2D eigenvalue weighted by atomic mass is 10.0. The highest BCUT2D eigenvalue weighted by Gasteiger charge is 2.33. The average molecular weight is 474 g/mol. The van der Waals surface area contributed by atoms with Crippen molar-refractivity contribution in [1.29, 1.82) is 0 Å². The molecule has 176 valence electrons. The van der Waals surface area contributed by atoms with Crippen molar-refractivity contribution in [2.24, 2.45) is 0 Å². The molecule has 2 aromatic rings. The van der Waals surface area contributed by atoms with E-state index in [1.807, 2.05) is 22.9 Å². The summed E-state index contributed by atoms with van der Waals surface area (Å²) in [6, 6.07) is 12.9. The van der Waals surface area contributed by atoms with Crippen LogP contribution in [0.3, 0.4) is 0 Å². The Bertz CT molecular complexity index is 1130. The summed E-state index contributed by atoms with van der Waals surface area (Å²) in [6.45, 7) is 2.38. The molecule has 1 unspecified atom stereocenters. The maximum absolute atomic E-state index is 15.0. The van der Waals surface area contributed by atoms with Crippen molar-refractivity contribution in [2.45, 2.75) is 44.1 Å². The van der Waals surface area contributed by atoms with Crippen LogP contribution in [0.4, 0.5) is 10.1 Å². The van der Waals surface area contributed by atoms with Gasteiger partial charge in [0.1, 0.15) is 17.7 Å². The molecule has 3 fully saturated rings. The second kappa shape index (κ2) is 8.95. The molecule has 3 aliphatic rings. The lowest BCUT2D eigenvalue weighted by Gasteiger charge is -2.35. The molecule has 9 heteroatoms. The van der Waals surface area contributed by atoms with E-state index in [1.54, 1.807) is 0 Å². The lowest BCUT2D eigenvalue weighted by molar-refractivity contribution is 0.0973. The van der Waals surface area contributed by atoms with Crippen LogP contribution in [-0.4, -0.2) is 50.9 Å². The molecule has 1 amide bonds. The zero-order valence-electron chi connectivity index (χ0n) is 18.4. The van der Waals surface area contributed by atoms with E-state index in [4.69, 9.17) is 4.74 Å². The summed E-state index contributed by atoms with van der Waals surface area (Å²) < 4.78 is 48.9. The zero-order chi connectivity index (χ0) is 23.0. The van der Waals surface area contributed by atoms with Gasteiger partial charge in [-0.3, -0.25) is 4.79 Å². The monoisotopic (exact) mass is 473 g/mol. The highest BCUT2D eigenvalue weighted by atomic mass is 32.2. The number of rotatable bonds is 7. The number of halogens is 1. The maximum atomic E-state index is 15.0. The number of hydrogen-bond donors (Lipinski definition) is 1. The molecule has 0 bridgehead atoms. The van der Waals surface area contributed by atoms with Gasteiger partial charge in [0.2, 0.25) is 0 Å². The number of para-hydroxylation sites is 1. The van der Waals surface area contributed by atoms with E-state index in [9.17, 15) is 17.6 Å². The quantitative estimate of drug-likeness (QED) is 0.667. The predicted octanol–water partition coefficient (Wildman–Crippen LogP) is 3.43. The third kappa shape index (κ3) is 4.84. The van der Waals surface area contributed by atoms with Gasteiger partial charge in [0.15, 0.2) is 0 Å². The smallest absolute Gasteiger partial charge is 0.304 e. The largest absolute Gasteiger partial charge is 0.488 e. The SMILES string of the molecule is O=C(NS(=O)(=O)N1CCC1)c1cc(C2CC2)c(OC2CCCN(c3ccccc3)C2)cc1F. The molecule has 0 spiro atoms. The fraction of sp³-hybridized carbons (Fsp3) is 0.458. The van der Waals surface area contributed by atoms with Crippen LogP contribution in [0.5, 0.6) is 5.75 Å². The topological polar surface area (TPSA) is 79.0 Å². The third-order valence-electron chi connectivity index (χ3n) is 6.53. The fourth-order valence-electron chi connectivity index (χ4n) is 4.41. The lowest BCUT2D eigenvalue weighted by Crippen LogP contribution is -2.49. The van der Waals surface area contributed by atoms with E-state index < -0.39 is 21.9 Å². The number of nitrogens with one attached hydrogen (secondary N) is 1. The molecule has 1 aliphatic carbocycles. The molecule has 2 aromatic carbocycles. The Morgan fingerprint density at radius 3 is 2.45 bits per heavy atom. The van der Waals surface area contributed by atoms with E-state index in [1.165, 1.54) is 16.4 Å². The number of piperidine rings is 1. The summed E-state index contributed by atoms with van der Waals surface area (Å²) >= 11 is 0. The normalized spacial score (nSPS) is 21.4. The van der Waals surface area contributed by atoms with Crippen molar-refractivity contribution in [3.63, 3.8) is 0 Å². The summed E-state index contributed by atoms with van der Waals surface area (Å²) in [6.07, 6.45) is 4.37. The van der Waals surface area contributed by atoms with E-state index in [0.29, 0.717) is 25.4 Å². The third-order valence-corrected chi connectivity index (χ3v) is 8.02. The number of carbonyl (C=O) groups excluding carboxylic acids is 1. The van der Waals surface area contributed by atoms with Gasteiger partial charge in [0, 0.05) is 31.4 Å². The van der Waals surface area contributed by atoms with E-state index >= 15 is 0 Å². The maximum Gasteiger partial charge on any atom is 0.304 e. The predicted molar refractivity (Wildman–Crippen MR) is 123 cm³/mol. The van der Waals surface area contributed by atoms with E-state index in [2.05, 4.69) is 17.0 Å². The number of benzene rings is 2. The van der Waals surface area contributed by atoms with Gasteiger partial charge in [-0.05, 0) is 61.8 Å². The molecular formula is C24H28FN3O4S. The van der Waals surface area contributed by atoms with Crippen LogP contribution < -0.4 is 14.4 Å². The first-order valence-electron chi connectivity index (χ1n) is 11.5. The van der Waals surface area contributed by atoms with Gasteiger partial charge in [-0.15, -0.1) is 0 Å². The van der Waals surface area contributed by atoms with Crippen LogP contribution in [-0.2, 0) is 10.2 Å². The molecule has 2 aliphatic heterocycles. The standard InChI is InChI=1S/C24H28FN3O4S/c25-22-15-23(32-19-8-4-11-27(16-19)18-6-2-1-3-7-18)20(17-9-10-17)14-21(22)24(29)26-33(30,31)28-12-5-13-28/h1-3,6-7,14-15,17,19H,4-5,8-13,16H2,(H,26,29). The molecule has 1 atom stereocenters. The van der Waals surface area contributed by atoms with Crippen molar-refractivity contribution < 1.29 is 22.3 Å². The van der Waals surface area contributed by atoms with E-state index in [0.717, 1.165) is 49.9 Å². The molecule has 33 heavy (non-hydrogen) atoms. The van der Waals surface area contributed by atoms with Gasteiger partial charge in [-0.2, -0.15) is 12.7 Å². The second-order valence-electron chi connectivity index (χ2n) is 9.00. The van der Waals surface area contributed by atoms with Crippen LogP contribution in [0.2, 0.25) is 0 Å². The van der Waals surface area contributed by atoms with Crippen LogP contribution in [0.15, 0.2) is 42.5 Å². The summed E-state index contributed by atoms with van der Waals surface area (Å²) in [5.41, 5.74) is 1.65. The number of amides is 1. The molecule has 0 aromatic heterocycles. The first-order chi connectivity index (χ1) is 15.9. The van der Waals surface area contributed by atoms with Gasteiger partial charge >= 0.3 is 10.2 Å². The van der Waals surface area contributed by atoms with Crippen molar-refractivity contribution in [3.8, 4) is 5.75 Å². The number of carbonyl (C=O) groups is 1. The summed E-state index contributed by atoms with van der Waals surface area (Å²) in [5, 5.41) is 0. The van der Waals surface area contributed by atoms with Crippen molar-refractivity contribution in [2.75, 3.05) is 31.1 Å². The molecule has 0 radical (unpaired) electrons. The fourth-order valence-corrected chi connectivity index (χ4v) is 5.62. The Hall–Kier alpha value is -2.65. The van der Waals surface area contributed by atoms with Crippen LogP contribution in [0, 0.1) is 5.82 Å². The molecule has 7 nitrogen and oxygen atoms in total. The van der Waals surface area contributed by atoms with Crippen LogP contribution >= 0.6 is 0 Å². The first kappa shape index (κ1) is 22.2.